The molecule has 0 aromatic heterocycles. The zero-order chi connectivity index (χ0) is 15.4. The quantitative estimate of drug-likeness (QED) is 0.876. The Kier molecular flexibility index (Phi) is 5.11. The number of nitrogens with one attached hydrogen (secondary N) is 1. The Morgan fingerprint density at radius 2 is 2.14 bits per heavy atom. The number of rotatable bonds is 5. The summed E-state index contributed by atoms with van der Waals surface area (Å²) in [4.78, 5) is 14.5. The number of carbonyl (C=O) groups excluding carboxylic acids is 1. The van der Waals surface area contributed by atoms with Crippen LogP contribution in [-0.4, -0.2) is 37.0 Å². The van der Waals surface area contributed by atoms with Gasteiger partial charge in [0.15, 0.2) is 0 Å². The highest BCUT2D eigenvalue weighted by Crippen LogP contribution is 2.25. The number of anilines is 1. The van der Waals surface area contributed by atoms with E-state index in [0.717, 1.165) is 38.2 Å². The van der Waals surface area contributed by atoms with Crippen molar-refractivity contribution >= 4 is 11.6 Å². The number of nitrogens with zero attached hydrogens (tertiary/aromatic N) is 1. The summed E-state index contributed by atoms with van der Waals surface area (Å²) in [5.74, 6) is 0.762. The SMILES string of the molecule is NCCC1CCCN(CC(=O)Nc2ccc3c(c2)CCC3)C1. The Hall–Kier alpha value is -1.39. The molecule has 4 nitrogen and oxygen atoms in total. The summed E-state index contributed by atoms with van der Waals surface area (Å²) in [6.07, 6.45) is 7.06. The van der Waals surface area contributed by atoms with E-state index in [4.69, 9.17) is 5.73 Å². The van der Waals surface area contributed by atoms with Gasteiger partial charge >= 0.3 is 0 Å². The van der Waals surface area contributed by atoms with E-state index in [9.17, 15) is 4.79 Å². The number of hydrogen-bond acceptors (Lipinski definition) is 3. The van der Waals surface area contributed by atoms with Crippen LogP contribution in [0.3, 0.4) is 0 Å². The Labute approximate surface area is 133 Å². The molecule has 1 aliphatic heterocycles. The summed E-state index contributed by atoms with van der Waals surface area (Å²) in [6, 6.07) is 6.35. The van der Waals surface area contributed by atoms with Crippen LogP contribution in [0, 0.1) is 5.92 Å². The number of amides is 1. The molecule has 22 heavy (non-hydrogen) atoms. The summed E-state index contributed by atoms with van der Waals surface area (Å²) in [6.45, 7) is 3.28. The first-order valence-corrected chi connectivity index (χ1v) is 8.58. The molecule has 2 aliphatic rings. The molecule has 1 heterocycles. The first kappa shape index (κ1) is 15.5. The van der Waals surface area contributed by atoms with Crippen LogP contribution >= 0.6 is 0 Å². The van der Waals surface area contributed by atoms with Crippen molar-refractivity contribution in [3.63, 3.8) is 0 Å². The predicted molar refractivity (Wildman–Crippen MR) is 89.9 cm³/mol. The van der Waals surface area contributed by atoms with E-state index in [1.807, 2.05) is 6.07 Å². The molecule has 1 atom stereocenters. The third-order valence-electron chi connectivity index (χ3n) is 4.93. The van der Waals surface area contributed by atoms with Crippen molar-refractivity contribution in [1.29, 1.82) is 0 Å². The van der Waals surface area contributed by atoms with Gasteiger partial charge in [0.1, 0.15) is 0 Å². The molecule has 1 aliphatic carbocycles. The van der Waals surface area contributed by atoms with Crippen LogP contribution < -0.4 is 11.1 Å². The molecular weight excluding hydrogens is 274 g/mol. The largest absolute Gasteiger partial charge is 0.330 e. The van der Waals surface area contributed by atoms with Gasteiger partial charge in [0.2, 0.25) is 5.91 Å². The molecule has 1 fully saturated rings. The van der Waals surface area contributed by atoms with E-state index >= 15 is 0 Å². The third kappa shape index (κ3) is 3.87. The van der Waals surface area contributed by atoms with Crippen molar-refractivity contribution in [2.45, 2.75) is 38.5 Å². The van der Waals surface area contributed by atoms with E-state index in [2.05, 4.69) is 22.3 Å². The standard InChI is InChI=1S/C18H27N3O/c19-9-8-14-3-2-10-21(12-14)13-18(22)20-17-7-6-15-4-1-5-16(15)11-17/h6-7,11,14H,1-5,8-10,12-13,19H2,(H,20,22). The highest BCUT2D eigenvalue weighted by molar-refractivity contribution is 5.92. The Bertz CT molecular complexity index is 527. The van der Waals surface area contributed by atoms with Crippen LogP contribution in [0.25, 0.3) is 0 Å². The molecule has 1 aromatic carbocycles. The number of carbonyl (C=O) groups is 1. The lowest BCUT2D eigenvalue weighted by molar-refractivity contribution is -0.117. The van der Waals surface area contributed by atoms with Crippen molar-refractivity contribution in [3.05, 3.63) is 29.3 Å². The van der Waals surface area contributed by atoms with Crippen LogP contribution in [0.4, 0.5) is 5.69 Å². The molecule has 3 N–H and O–H groups in total. The molecule has 1 aromatic rings. The lowest BCUT2D eigenvalue weighted by Crippen LogP contribution is -2.40. The molecule has 120 valence electrons. The van der Waals surface area contributed by atoms with Crippen molar-refractivity contribution in [3.8, 4) is 0 Å². The summed E-state index contributed by atoms with van der Waals surface area (Å²) in [7, 11) is 0. The first-order chi connectivity index (χ1) is 10.7. The molecule has 1 amide bonds. The van der Waals surface area contributed by atoms with Gasteiger partial charge in [0, 0.05) is 12.2 Å². The van der Waals surface area contributed by atoms with Crippen molar-refractivity contribution in [2.24, 2.45) is 11.7 Å². The van der Waals surface area contributed by atoms with Gasteiger partial charge in [-0.05, 0) is 80.8 Å². The van der Waals surface area contributed by atoms with Gasteiger partial charge in [-0.1, -0.05) is 6.07 Å². The second kappa shape index (κ2) is 7.25. The molecule has 3 rings (SSSR count). The maximum atomic E-state index is 12.3. The zero-order valence-electron chi connectivity index (χ0n) is 13.3. The minimum absolute atomic E-state index is 0.103. The number of aryl methyl sites for hydroxylation is 2. The second-order valence-electron chi connectivity index (χ2n) is 6.71. The average molecular weight is 301 g/mol. The van der Waals surface area contributed by atoms with Crippen LogP contribution in [-0.2, 0) is 17.6 Å². The predicted octanol–water partition coefficient (Wildman–Crippen LogP) is 2.17. The highest BCUT2D eigenvalue weighted by atomic mass is 16.2. The van der Waals surface area contributed by atoms with Crippen molar-refractivity contribution < 1.29 is 4.79 Å². The number of nitrogens with two attached hydrogens (primary N) is 1. The lowest BCUT2D eigenvalue weighted by atomic mass is 9.95. The molecule has 0 spiro atoms. The van der Waals surface area contributed by atoms with Gasteiger partial charge in [-0.2, -0.15) is 0 Å². The average Bonchev–Trinajstić information content (AvgIpc) is 2.95. The number of piperidine rings is 1. The Morgan fingerprint density at radius 1 is 1.27 bits per heavy atom. The van der Waals surface area contributed by atoms with Crippen LogP contribution in [0.15, 0.2) is 18.2 Å². The fourth-order valence-electron chi connectivity index (χ4n) is 3.82. The van der Waals surface area contributed by atoms with Gasteiger partial charge < -0.3 is 11.1 Å². The summed E-state index contributed by atoms with van der Waals surface area (Å²) in [5.41, 5.74) is 9.45. The van der Waals surface area contributed by atoms with E-state index in [0.29, 0.717) is 12.5 Å². The number of likely N-dealkylation sites (tertiary alicyclic amines) is 1. The molecule has 0 radical (unpaired) electrons. The minimum Gasteiger partial charge on any atom is -0.330 e. The summed E-state index contributed by atoms with van der Waals surface area (Å²) < 4.78 is 0. The van der Waals surface area contributed by atoms with Gasteiger partial charge in [-0.15, -0.1) is 0 Å². The summed E-state index contributed by atoms with van der Waals surface area (Å²) >= 11 is 0. The molecule has 0 saturated carbocycles. The molecule has 4 heteroatoms. The lowest BCUT2D eigenvalue weighted by Gasteiger charge is -2.32. The number of fused-ring (bicyclic) bond motifs is 1. The maximum absolute atomic E-state index is 12.3. The third-order valence-corrected chi connectivity index (χ3v) is 4.93. The topological polar surface area (TPSA) is 58.4 Å². The van der Waals surface area contributed by atoms with E-state index < -0.39 is 0 Å². The second-order valence-corrected chi connectivity index (χ2v) is 6.71. The maximum Gasteiger partial charge on any atom is 0.238 e. The molecule has 0 bridgehead atoms. The summed E-state index contributed by atoms with van der Waals surface area (Å²) in [5, 5.41) is 3.06. The molecular formula is C18H27N3O. The van der Waals surface area contributed by atoms with Gasteiger partial charge in [0.25, 0.3) is 0 Å². The first-order valence-electron chi connectivity index (χ1n) is 8.58. The van der Waals surface area contributed by atoms with Crippen LogP contribution in [0.5, 0.6) is 0 Å². The molecule has 1 unspecified atom stereocenters. The fourth-order valence-corrected chi connectivity index (χ4v) is 3.82. The Balaban J connectivity index is 1.52. The zero-order valence-corrected chi connectivity index (χ0v) is 13.3. The van der Waals surface area contributed by atoms with Crippen LogP contribution in [0.1, 0.15) is 36.8 Å². The fraction of sp³-hybridized carbons (Fsp3) is 0.611. The normalized spacial score (nSPS) is 21.6. The number of benzene rings is 1. The van der Waals surface area contributed by atoms with Crippen LogP contribution in [0.2, 0.25) is 0 Å². The number of hydrogen-bond donors (Lipinski definition) is 2. The Morgan fingerprint density at radius 3 is 3.00 bits per heavy atom. The minimum atomic E-state index is 0.103. The van der Waals surface area contributed by atoms with Crippen molar-refractivity contribution in [1.82, 2.24) is 4.90 Å². The van der Waals surface area contributed by atoms with E-state index in [1.165, 1.54) is 36.8 Å². The van der Waals surface area contributed by atoms with Gasteiger partial charge in [-0.3, -0.25) is 9.69 Å². The van der Waals surface area contributed by atoms with Gasteiger partial charge in [0.05, 0.1) is 6.54 Å². The van der Waals surface area contributed by atoms with E-state index in [-0.39, 0.29) is 5.91 Å². The molecule has 1 saturated heterocycles. The van der Waals surface area contributed by atoms with E-state index in [1.54, 1.807) is 0 Å². The van der Waals surface area contributed by atoms with Gasteiger partial charge in [-0.25, -0.2) is 0 Å². The van der Waals surface area contributed by atoms with Crippen molar-refractivity contribution in [2.75, 3.05) is 31.5 Å². The smallest absolute Gasteiger partial charge is 0.238 e. The highest BCUT2D eigenvalue weighted by Gasteiger charge is 2.21. The monoisotopic (exact) mass is 301 g/mol.